The highest BCUT2D eigenvalue weighted by molar-refractivity contribution is 7.91. The van der Waals surface area contributed by atoms with Crippen molar-refractivity contribution in [1.29, 1.82) is 0 Å². The van der Waals surface area contributed by atoms with Crippen LogP contribution in [-0.2, 0) is 21.8 Å². The summed E-state index contributed by atoms with van der Waals surface area (Å²) in [4.78, 5) is 22.5. The Labute approximate surface area is 216 Å². The van der Waals surface area contributed by atoms with Crippen LogP contribution >= 0.6 is 0 Å². The SMILES string of the molecule is CC(C)(C)c1cc(NC(=O)Nc2ccc3[nH]ccc3n2)n(-c2ccc(CN3CCS(=O)(=O)CC3)cc2)n1. The molecule has 0 unspecified atom stereocenters. The summed E-state index contributed by atoms with van der Waals surface area (Å²) in [6.45, 7) is 8.00. The van der Waals surface area contributed by atoms with E-state index in [0.29, 0.717) is 31.3 Å². The second kappa shape index (κ2) is 9.64. The smallest absolute Gasteiger partial charge is 0.326 e. The van der Waals surface area contributed by atoms with Gasteiger partial charge in [0.15, 0.2) is 9.84 Å². The standard InChI is InChI=1S/C26H31N7O3S/c1-26(2,3)22-16-24(30-25(34)29-23-9-8-20-21(28-23)10-11-27-20)33(31-22)19-6-4-18(5-7-19)17-32-12-14-37(35,36)15-13-32/h4-11,16,27H,12-15,17H2,1-3H3,(H2,28,29,30,34). The lowest BCUT2D eigenvalue weighted by molar-refractivity contribution is 0.262. The van der Waals surface area contributed by atoms with Crippen LogP contribution in [0.25, 0.3) is 16.7 Å². The summed E-state index contributed by atoms with van der Waals surface area (Å²) in [5, 5.41) is 10.5. The Bertz CT molecular complexity index is 1520. The molecule has 0 spiro atoms. The van der Waals surface area contributed by atoms with E-state index in [4.69, 9.17) is 5.10 Å². The highest BCUT2D eigenvalue weighted by Crippen LogP contribution is 2.27. The number of amides is 2. The fourth-order valence-electron chi connectivity index (χ4n) is 4.21. The number of aromatic nitrogens is 4. The number of fused-ring (bicyclic) bond motifs is 1. The minimum atomic E-state index is -2.90. The number of urea groups is 1. The number of aromatic amines is 1. The summed E-state index contributed by atoms with van der Waals surface area (Å²) in [7, 11) is -2.90. The van der Waals surface area contributed by atoms with Crippen LogP contribution in [-0.4, -0.2) is 63.7 Å². The number of hydrogen-bond donors (Lipinski definition) is 3. The molecule has 0 saturated carbocycles. The van der Waals surface area contributed by atoms with E-state index in [1.165, 1.54) is 0 Å². The Hall–Kier alpha value is -3.70. The van der Waals surface area contributed by atoms with Crippen molar-refractivity contribution in [3.8, 4) is 5.69 Å². The summed E-state index contributed by atoms with van der Waals surface area (Å²) in [5.41, 5.74) is 4.19. The van der Waals surface area contributed by atoms with Crippen molar-refractivity contribution in [2.75, 3.05) is 35.2 Å². The van der Waals surface area contributed by atoms with Crippen LogP contribution in [0.2, 0.25) is 0 Å². The first kappa shape index (κ1) is 25.0. The van der Waals surface area contributed by atoms with Gasteiger partial charge in [-0.2, -0.15) is 5.10 Å². The van der Waals surface area contributed by atoms with Gasteiger partial charge in [0.25, 0.3) is 0 Å². The van der Waals surface area contributed by atoms with Gasteiger partial charge >= 0.3 is 6.03 Å². The van der Waals surface area contributed by atoms with E-state index in [1.54, 1.807) is 16.9 Å². The molecular formula is C26H31N7O3S. The minimum absolute atomic E-state index is 0.208. The van der Waals surface area contributed by atoms with E-state index in [1.807, 2.05) is 42.5 Å². The Morgan fingerprint density at radius 1 is 1.03 bits per heavy atom. The molecule has 1 fully saturated rings. The number of H-pyrrole nitrogens is 1. The summed E-state index contributed by atoms with van der Waals surface area (Å²) >= 11 is 0. The average molecular weight is 522 g/mol. The number of sulfone groups is 1. The van der Waals surface area contributed by atoms with Gasteiger partial charge in [-0.05, 0) is 35.9 Å². The lowest BCUT2D eigenvalue weighted by Gasteiger charge is -2.26. The number of rotatable bonds is 5. The molecule has 3 N–H and O–H groups in total. The first-order chi connectivity index (χ1) is 17.6. The topological polar surface area (TPSA) is 125 Å². The summed E-state index contributed by atoms with van der Waals surface area (Å²) in [6, 6.07) is 14.9. The predicted molar refractivity (Wildman–Crippen MR) is 145 cm³/mol. The normalized spacial score (nSPS) is 16.1. The molecule has 11 heteroatoms. The highest BCUT2D eigenvalue weighted by Gasteiger charge is 2.23. The van der Waals surface area contributed by atoms with E-state index >= 15 is 0 Å². The summed E-state index contributed by atoms with van der Waals surface area (Å²) in [5.74, 6) is 1.40. The van der Waals surface area contributed by atoms with Crippen LogP contribution in [0.3, 0.4) is 0 Å². The third-order valence-corrected chi connectivity index (χ3v) is 8.00. The predicted octanol–water partition coefficient (Wildman–Crippen LogP) is 3.92. The quantitative estimate of drug-likeness (QED) is 0.366. The molecule has 0 radical (unpaired) electrons. The highest BCUT2D eigenvalue weighted by atomic mass is 32.2. The molecule has 5 rings (SSSR count). The van der Waals surface area contributed by atoms with Crippen LogP contribution in [0, 0.1) is 0 Å². The number of benzene rings is 1. The van der Waals surface area contributed by atoms with Crippen molar-refractivity contribution in [3.05, 3.63) is 66.0 Å². The van der Waals surface area contributed by atoms with Crippen molar-refractivity contribution >= 4 is 38.5 Å². The maximum absolute atomic E-state index is 12.9. The van der Waals surface area contributed by atoms with E-state index in [9.17, 15) is 13.2 Å². The largest absolute Gasteiger partial charge is 0.360 e. The average Bonchev–Trinajstić information content (AvgIpc) is 3.48. The number of anilines is 2. The third kappa shape index (κ3) is 5.83. The molecule has 0 aliphatic carbocycles. The lowest BCUT2D eigenvalue weighted by atomic mass is 9.92. The number of nitrogens with zero attached hydrogens (tertiary/aromatic N) is 4. The molecule has 0 atom stereocenters. The van der Waals surface area contributed by atoms with Gasteiger partial charge in [0.05, 0.1) is 33.9 Å². The van der Waals surface area contributed by atoms with Crippen LogP contribution in [0.1, 0.15) is 32.0 Å². The molecule has 3 aromatic heterocycles. The maximum Gasteiger partial charge on any atom is 0.326 e. The Kier molecular flexibility index (Phi) is 6.50. The van der Waals surface area contributed by atoms with Gasteiger partial charge in [0.2, 0.25) is 0 Å². The van der Waals surface area contributed by atoms with Crippen molar-refractivity contribution in [1.82, 2.24) is 24.6 Å². The van der Waals surface area contributed by atoms with E-state index < -0.39 is 15.9 Å². The molecule has 0 bridgehead atoms. The Morgan fingerprint density at radius 3 is 2.46 bits per heavy atom. The Morgan fingerprint density at radius 2 is 1.76 bits per heavy atom. The van der Waals surface area contributed by atoms with Gasteiger partial charge in [-0.25, -0.2) is 22.9 Å². The number of nitrogens with one attached hydrogen (secondary N) is 3. The molecule has 10 nitrogen and oxygen atoms in total. The zero-order chi connectivity index (χ0) is 26.2. The number of carbonyl (C=O) groups excluding carboxylic acids is 1. The van der Waals surface area contributed by atoms with Gasteiger partial charge in [0.1, 0.15) is 11.6 Å². The molecule has 1 aliphatic heterocycles. The van der Waals surface area contributed by atoms with Gasteiger partial charge in [0, 0.05) is 37.3 Å². The second-order valence-electron chi connectivity index (χ2n) is 10.4. The zero-order valence-corrected chi connectivity index (χ0v) is 22.0. The molecule has 4 heterocycles. The number of hydrogen-bond acceptors (Lipinski definition) is 6. The number of carbonyl (C=O) groups is 1. The van der Waals surface area contributed by atoms with Crippen molar-refractivity contribution < 1.29 is 13.2 Å². The van der Waals surface area contributed by atoms with Crippen LogP contribution in [0.15, 0.2) is 54.7 Å². The van der Waals surface area contributed by atoms with Gasteiger partial charge in [-0.3, -0.25) is 15.5 Å². The summed E-state index contributed by atoms with van der Waals surface area (Å²) in [6.07, 6.45) is 1.80. The first-order valence-electron chi connectivity index (χ1n) is 12.2. The molecule has 4 aromatic rings. The van der Waals surface area contributed by atoms with Crippen LogP contribution in [0.5, 0.6) is 0 Å². The third-order valence-electron chi connectivity index (χ3n) is 6.39. The van der Waals surface area contributed by atoms with Gasteiger partial charge in [-0.1, -0.05) is 32.9 Å². The molecule has 37 heavy (non-hydrogen) atoms. The van der Waals surface area contributed by atoms with E-state index in [-0.39, 0.29) is 16.9 Å². The maximum atomic E-state index is 12.9. The van der Waals surface area contributed by atoms with Crippen LogP contribution < -0.4 is 10.6 Å². The monoisotopic (exact) mass is 521 g/mol. The Balaban J connectivity index is 1.33. The van der Waals surface area contributed by atoms with Crippen molar-refractivity contribution in [2.24, 2.45) is 0 Å². The molecule has 1 aromatic carbocycles. The first-order valence-corrected chi connectivity index (χ1v) is 14.0. The fourth-order valence-corrected chi connectivity index (χ4v) is 5.49. The molecule has 2 amide bonds. The molecular weight excluding hydrogens is 490 g/mol. The van der Waals surface area contributed by atoms with Gasteiger partial charge < -0.3 is 4.98 Å². The fraction of sp³-hybridized carbons (Fsp3) is 0.346. The summed E-state index contributed by atoms with van der Waals surface area (Å²) < 4.78 is 25.1. The second-order valence-corrected chi connectivity index (χ2v) is 12.7. The van der Waals surface area contributed by atoms with Gasteiger partial charge in [-0.15, -0.1) is 0 Å². The zero-order valence-electron chi connectivity index (χ0n) is 21.2. The molecule has 1 aliphatic rings. The molecule has 1 saturated heterocycles. The van der Waals surface area contributed by atoms with E-state index in [2.05, 4.69) is 46.3 Å². The van der Waals surface area contributed by atoms with Crippen LogP contribution in [0.4, 0.5) is 16.4 Å². The lowest BCUT2D eigenvalue weighted by Crippen LogP contribution is -2.39. The van der Waals surface area contributed by atoms with E-state index in [0.717, 1.165) is 28.0 Å². The molecule has 194 valence electrons. The van der Waals surface area contributed by atoms with Crippen molar-refractivity contribution in [2.45, 2.75) is 32.7 Å². The minimum Gasteiger partial charge on any atom is -0.360 e. The number of pyridine rings is 1. The van der Waals surface area contributed by atoms with Crippen molar-refractivity contribution in [3.63, 3.8) is 0 Å².